The smallest absolute Gasteiger partial charge is 0.122 e. The third kappa shape index (κ3) is 3.15. The minimum absolute atomic E-state index is 0.0912. The number of methoxy groups -OCH3 is 1. The lowest BCUT2D eigenvalue weighted by molar-refractivity contribution is 0.0685. The lowest BCUT2D eigenvalue weighted by Gasteiger charge is -2.52. The van der Waals surface area contributed by atoms with Crippen LogP contribution in [0.25, 0.3) is 0 Å². The second-order valence-electron chi connectivity index (χ2n) is 9.88. The molecule has 0 fully saturated rings. The molecule has 0 N–H and O–H groups in total. The van der Waals surface area contributed by atoms with Gasteiger partial charge in [0.25, 0.3) is 0 Å². The molecule has 2 aliphatic carbocycles. The van der Waals surface area contributed by atoms with Gasteiger partial charge >= 0.3 is 0 Å². The van der Waals surface area contributed by atoms with Gasteiger partial charge in [0.15, 0.2) is 0 Å². The van der Waals surface area contributed by atoms with Crippen molar-refractivity contribution in [3.05, 3.63) is 46.7 Å². The van der Waals surface area contributed by atoms with Gasteiger partial charge in [-0.2, -0.15) is 0 Å². The predicted octanol–water partition coefficient (Wildman–Crippen LogP) is 6.39. The van der Waals surface area contributed by atoms with Crippen LogP contribution in [0.4, 0.5) is 0 Å². The zero-order valence-electron chi connectivity index (χ0n) is 17.2. The molecule has 24 heavy (non-hydrogen) atoms. The van der Waals surface area contributed by atoms with Gasteiger partial charge in [-0.25, -0.2) is 0 Å². The summed E-state index contributed by atoms with van der Waals surface area (Å²) in [7, 11) is 0.0781. The molecule has 1 unspecified atom stereocenters. The van der Waals surface area contributed by atoms with E-state index in [-0.39, 0.29) is 16.1 Å². The van der Waals surface area contributed by atoms with Crippen LogP contribution in [0.15, 0.2) is 46.7 Å². The molecular weight excluding hydrogens is 308 g/mol. The van der Waals surface area contributed by atoms with Gasteiger partial charge in [-0.15, -0.1) is 0 Å². The SMILES string of the molecule is COC1([Si](C)(C)C2=CCC=C2)CC=C(C(C)(C)C)C=C1C(C)(C)C. The van der Waals surface area contributed by atoms with Crippen LogP contribution >= 0.6 is 0 Å². The summed E-state index contributed by atoms with van der Waals surface area (Å²) in [6.07, 6.45) is 14.0. The van der Waals surface area contributed by atoms with Crippen LogP contribution in [0.3, 0.4) is 0 Å². The Morgan fingerprint density at radius 3 is 2.04 bits per heavy atom. The summed E-state index contributed by atoms with van der Waals surface area (Å²) >= 11 is 0. The summed E-state index contributed by atoms with van der Waals surface area (Å²) in [6.45, 7) is 18.9. The summed E-state index contributed by atoms with van der Waals surface area (Å²) in [5, 5.41) is 1.37. The normalized spacial score (nSPS) is 25.5. The molecule has 134 valence electrons. The Balaban J connectivity index is 2.63. The van der Waals surface area contributed by atoms with Gasteiger partial charge in [-0.3, -0.25) is 0 Å². The van der Waals surface area contributed by atoms with E-state index in [2.05, 4.69) is 85.0 Å². The number of hydrogen-bond donors (Lipinski definition) is 0. The molecule has 0 saturated heterocycles. The van der Waals surface area contributed by atoms with Gasteiger partial charge in [0.2, 0.25) is 0 Å². The Labute approximate surface area is 150 Å². The molecule has 2 rings (SSSR count). The van der Waals surface area contributed by atoms with Crippen LogP contribution in [-0.2, 0) is 4.74 Å². The van der Waals surface area contributed by atoms with Gasteiger partial charge in [-0.1, -0.05) is 90.2 Å². The summed E-state index contributed by atoms with van der Waals surface area (Å²) in [5.74, 6) is 0. The van der Waals surface area contributed by atoms with Crippen LogP contribution in [0.5, 0.6) is 0 Å². The van der Waals surface area contributed by atoms with Crippen LogP contribution in [-0.4, -0.2) is 20.4 Å². The Bertz CT molecular complexity index is 617. The van der Waals surface area contributed by atoms with Crippen molar-refractivity contribution in [2.45, 2.75) is 72.7 Å². The van der Waals surface area contributed by atoms with Crippen molar-refractivity contribution < 1.29 is 4.74 Å². The van der Waals surface area contributed by atoms with Crippen molar-refractivity contribution in [3.8, 4) is 0 Å². The molecule has 0 aromatic rings. The third-order valence-electron chi connectivity index (χ3n) is 5.87. The molecule has 0 aromatic heterocycles. The molecule has 0 saturated carbocycles. The molecule has 2 heteroatoms. The van der Waals surface area contributed by atoms with Crippen molar-refractivity contribution in [3.63, 3.8) is 0 Å². The summed E-state index contributed by atoms with van der Waals surface area (Å²) < 4.78 is 6.43. The first-order valence-electron chi connectivity index (χ1n) is 9.22. The fourth-order valence-corrected chi connectivity index (χ4v) is 8.11. The van der Waals surface area contributed by atoms with E-state index in [1.165, 1.54) is 16.3 Å². The third-order valence-corrected chi connectivity index (χ3v) is 10.4. The van der Waals surface area contributed by atoms with Gasteiger partial charge in [0.05, 0.1) is 5.22 Å². The monoisotopic (exact) mass is 344 g/mol. The first kappa shape index (κ1) is 19.5. The van der Waals surface area contributed by atoms with Crippen molar-refractivity contribution in [2.24, 2.45) is 10.8 Å². The molecule has 0 amide bonds. The lowest BCUT2D eigenvalue weighted by atomic mass is 9.73. The largest absolute Gasteiger partial charge is 0.377 e. The van der Waals surface area contributed by atoms with Gasteiger partial charge in [0, 0.05) is 7.11 Å². The van der Waals surface area contributed by atoms with Crippen molar-refractivity contribution in [1.82, 2.24) is 0 Å². The minimum atomic E-state index is -1.84. The molecule has 0 radical (unpaired) electrons. The maximum absolute atomic E-state index is 6.43. The summed E-state index contributed by atoms with van der Waals surface area (Å²) in [5.41, 5.74) is 3.19. The fourth-order valence-electron chi connectivity index (χ4n) is 4.23. The van der Waals surface area contributed by atoms with E-state index >= 15 is 0 Å². The lowest BCUT2D eigenvalue weighted by Crippen LogP contribution is -2.60. The van der Waals surface area contributed by atoms with Crippen molar-refractivity contribution in [1.29, 1.82) is 0 Å². The van der Waals surface area contributed by atoms with E-state index in [1.807, 2.05) is 7.11 Å². The molecule has 0 heterocycles. The number of ether oxygens (including phenoxy) is 1. The zero-order chi connectivity index (χ0) is 18.4. The average Bonchev–Trinajstić information content (AvgIpc) is 2.99. The Morgan fingerprint density at radius 1 is 1.00 bits per heavy atom. The van der Waals surface area contributed by atoms with E-state index in [0.717, 1.165) is 12.8 Å². The summed E-state index contributed by atoms with van der Waals surface area (Å²) in [4.78, 5) is 0. The minimum Gasteiger partial charge on any atom is -0.377 e. The molecule has 0 spiro atoms. The van der Waals surface area contributed by atoms with E-state index in [9.17, 15) is 0 Å². The molecule has 0 aliphatic heterocycles. The molecular formula is C22H36OSi. The molecule has 1 nitrogen and oxygen atoms in total. The highest BCUT2D eigenvalue weighted by molar-refractivity contribution is 6.88. The zero-order valence-corrected chi connectivity index (χ0v) is 18.2. The maximum Gasteiger partial charge on any atom is 0.122 e. The number of allylic oxidation sites excluding steroid dienone is 6. The molecule has 0 bridgehead atoms. The highest BCUT2D eigenvalue weighted by Crippen LogP contribution is 2.51. The average molecular weight is 345 g/mol. The molecule has 0 aromatic carbocycles. The fraction of sp³-hybridized carbons (Fsp3) is 0.636. The topological polar surface area (TPSA) is 9.23 Å². The second-order valence-corrected chi connectivity index (χ2v) is 14.5. The van der Waals surface area contributed by atoms with Crippen LogP contribution in [0.1, 0.15) is 54.4 Å². The van der Waals surface area contributed by atoms with E-state index in [1.54, 1.807) is 0 Å². The van der Waals surface area contributed by atoms with E-state index in [0.29, 0.717) is 0 Å². The second kappa shape index (κ2) is 6.14. The van der Waals surface area contributed by atoms with Crippen LogP contribution in [0, 0.1) is 10.8 Å². The van der Waals surface area contributed by atoms with Crippen molar-refractivity contribution >= 4 is 8.07 Å². The number of rotatable bonds is 3. The maximum atomic E-state index is 6.43. The van der Waals surface area contributed by atoms with Gasteiger partial charge < -0.3 is 4.74 Å². The van der Waals surface area contributed by atoms with Gasteiger partial charge in [0.1, 0.15) is 8.07 Å². The Morgan fingerprint density at radius 2 is 1.62 bits per heavy atom. The van der Waals surface area contributed by atoms with Crippen molar-refractivity contribution in [2.75, 3.05) is 7.11 Å². The summed E-state index contributed by atoms with van der Waals surface area (Å²) in [6, 6.07) is 0. The molecule has 2 aliphatic rings. The van der Waals surface area contributed by atoms with E-state index < -0.39 is 8.07 Å². The predicted molar refractivity (Wildman–Crippen MR) is 109 cm³/mol. The highest BCUT2D eigenvalue weighted by atomic mass is 28.3. The number of hydrogen-bond acceptors (Lipinski definition) is 1. The van der Waals surface area contributed by atoms with E-state index in [4.69, 9.17) is 4.74 Å². The van der Waals surface area contributed by atoms with Crippen LogP contribution in [0.2, 0.25) is 13.1 Å². The highest BCUT2D eigenvalue weighted by Gasteiger charge is 2.54. The first-order chi connectivity index (χ1) is 10.9. The first-order valence-corrected chi connectivity index (χ1v) is 12.2. The Kier molecular flexibility index (Phi) is 4.98. The van der Waals surface area contributed by atoms with Crippen LogP contribution < -0.4 is 0 Å². The molecule has 1 atom stereocenters. The quantitative estimate of drug-likeness (QED) is 0.539. The Hall–Kier alpha value is -0.863. The standard InChI is InChI=1S/C22H36OSi/c1-20(2,3)17-14-15-22(23-7,19(16-17)21(4,5)6)24(8,9)18-12-10-11-13-18/h10,12-14,16H,11,15H2,1-9H3. The van der Waals surface area contributed by atoms with Gasteiger partial charge in [-0.05, 0) is 34.8 Å².